The molecule has 0 amide bonds. The van der Waals surface area contributed by atoms with E-state index in [1.54, 1.807) is 0 Å². The monoisotopic (exact) mass is 324 g/mol. The van der Waals surface area contributed by atoms with Gasteiger partial charge in [-0.25, -0.2) is 4.79 Å². The van der Waals surface area contributed by atoms with Crippen molar-refractivity contribution in [3.63, 3.8) is 0 Å². The Balaban J connectivity index is 2.60. The molecule has 0 aliphatic heterocycles. The molecule has 0 aliphatic rings. The summed E-state index contributed by atoms with van der Waals surface area (Å²) in [5.41, 5.74) is 1.89. The predicted octanol–water partition coefficient (Wildman–Crippen LogP) is 4.46. The molecule has 21 heavy (non-hydrogen) atoms. The van der Waals surface area contributed by atoms with Gasteiger partial charge in [0.15, 0.2) is 8.32 Å². The number of hydrogen-bond acceptors (Lipinski definition) is 3. The molecule has 0 saturated carbocycles. The fourth-order valence-electron chi connectivity index (χ4n) is 2.05. The van der Waals surface area contributed by atoms with E-state index in [-0.39, 0.29) is 5.97 Å². The molecular formula is C16H28O3Si2. The highest BCUT2D eigenvalue weighted by Crippen LogP contribution is 2.17. The van der Waals surface area contributed by atoms with Crippen molar-refractivity contribution in [1.82, 2.24) is 0 Å². The van der Waals surface area contributed by atoms with Crippen molar-refractivity contribution < 1.29 is 13.6 Å². The number of aryl methyl sites for hydroxylation is 1. The molecule has 0 unspecified atom stereocenters. The standard InChI is InChI=1S/C16H28O3Si2/c1-7-18-21(5,6)13-12-14-8-10-15(11-9-14)16(17)19-20(2,3)4/h8-11H,7,12-13H2,1-6H3. The molecule has 0 bridgehead atoms. The second-order valence-electron chi connectivity index (χ2n) is 6.89. The average Bonchev–Trinajstić information content (AvgIpc) is 2.35. The van der Waals surface area contributed by atoms with Crippen molar-refractivity contribution in [2.75, 3.05) is 6.61 Å². The normalized spacial score (nSPS) is 12.3. The molecule has 0 spiro atoms. The summed E-state index contributed by atoms with van der Waals surface area (Å²) >= 11 is 0. The van der Waals surface area contributed by atoms with Gasteiger partial charge >= 0.3 is 5.97 Å². The van der Waals surface area contributed by atoms with Gasteiger partial charge in [-0.05, 0) is 69.8 Å². The first kappa shape index (κ1) is 18.1. The molecule has 1 aromatic carbocycles. The fourth-order valence-corrected chi connectivity index (χ4v) is 4.54. The van der Waals surface area contributed by atoms with Gasteiger partial charge in [0.2, 0.25) is 8.32 Å². The Labute approximate surface area is 130 Å². The van der Waals surface area contributed by atoms with Gasteiger partial charge in [0.05, 0.1) is 5.56 Å². The summed E-state index contributed by atoms with van der Waals surface area (Å²) in [7, 11) is -3.37. The van der Waals surface area contributed by atoms with Gasteiger partial charge in [-0.3, -0.25) is 0 Å². The van der Waals surface area contributed by atoms with E-state index in [0.717, 1.165) is 19.1 Å². The first-order chi connectivity index (χ1) is 9.63. The van der Waals surface area contributed by atoms with Crippen LogP contribution >= 0.6 is 0 Å². The maximum atomic E-state index is 12.0. The lowest BCUT2D eigenvalue weighted by molar-refractivity contribution is 0.0724. The summed E-state index contributed by atoms with van der Waals surface area (Å²) in [5, 5.41) is 0. The van der Waals surface area contributed by atoms with Crippen molar-refractivity contribution in [3.8, 4) is 0 Å². The third-order valence-electron chi connectivity index (χ3n) is 3.14. The lowest BCUT2D eigenvalue weighted by Crippen LogP contribution is -2.30. The molecule has 0 aliphatic carbocycles. The van der Waals surface area contributed by atoms with Gasteiger partial charge in [-0.1, -0.05) is 12.1 Å². The molecule has 0 radical (unpaired) electrons. The van der Waals surface area contributed by atoms with E-state index in [2.05, 4.69) is 13.1 Å². The number of hydrogen-bond donors (Lipinski definition) is 0. The van der Waals surface area contributed by atoms with E-state index in [1.165, 1.54) is 5.56 Å². The highest BCUT2D eigenvalue weighted by atomic mass is 28.4. The molecule has 3 nitrogen and oxygen atoms in total. The Kier molecular flexibility index (Phi) is 6.37. The van der Waals surface area contributed by atoms with Crippen LogP contribution in [-0.2, 0) is 15.3 Å². The molecule has 0 heterocycles. The summed E-state index contributed by atoms with van der Waals surface area (Å²) in [6, 6.07) is 8.88. The van der Waals surface area contributed by atoms with E-state index in [1.807, 2.05) is 50.8 Å². The van der Waals surface area contributed by atoms with Gasteiger partial charge in [-0.2, -0.15) is 0 Å². The average molecular weight is 325 g/mol. The van der Waals surface area contributed by atoms with Crippen LogP contribution in [0, 0.1) is 0 Å². The summed E-state index contributed by atoms with van der Waals surface area (Å²) in [4.78, 5) is 12.0. The minimum absolute atomic E-state index is 0.204. The molecule has 0 aromatic heterocycles. The highest BCUT2D eigenvalue weighted by Gasteiger charge is 2.22. The zero-order valence-electron chi connectivity index (χ0n) is 14.2. The smallest absolute Gasteiger partial charge is 0.324 e. The minimum atomic E-state index is -1.83. The first-order valence-corrected chi connectivity index (χ1v) is 14.1. The quantitative estimate of drug-likeness (QED) is 0.695. The van der Waals surface area contributed by atoms with Gasteiger partial charge in [-0.15, -0.1) is 0 Å². The zero-order chi connectivity index (χ0) is 16.1. The van der Waals surface area contributed by atoms with Crippen molar-refractivity contribution in [3.05, 3.63) is 35.4 Å². The number of benzene rings is 1. The van der Waals surface area contributed by atoms with E-state index < -0.39 is 16.6 Å². The Morgan fingerprint density at radius 1 is 1.05 bits per heavy atom. The molecule has 0 N–H and O–H groups in total. The van der Waals surface area contributed by atoms with Crippen LogP contribution < -0.4 is 0 Å². The second kappa shape index (κ2) is 7.38. The van der Waals surface area contributed by atoms with Crippen LogP contribution in [0.15, 0.2) is 24.3 Å². The van der Waals surface area contributed by atoms with Crippen molar-refractivity contribution in [1.29, 1.82) is 0 Å². The SMILES string of the molecule is CCO[Si](C)(C)CCc1ccc(C(=O)O[Si](C)(C)C)cc1. The van der Waals surface area contributed by atoms with Gasteiger partial charge in [0.25, 0.3) is 0 Å². The second-order valence-corrected chi connectivity index (χ2v) is 15.6. The predicted molar refractivity (Wildman–Crippen MR) is 92.8 cm³/mol. The number of carbonyl (C=O) groups is 1. The van der Waals surface area contributed by atoms with Gasteiger partial charge in [0.1, 0.15) is 0 Å². The van der Waals surface area contributed by atoms with Crippen LogP contribution in [0.3, 0.4) is 0 Å². The molecule has 5 heteroatoms. The van der Waals surface area contributed by atoms with Crippen LogP contribution in [0.4, 0.5) is 0 Å². The molecule has 1 aromatic rings. The maximum Gasteiger partial charge on any atom is 0.324 e. The summed E-state index contributed by atoms with van der Waals surface area (Å²) < 4.78 is 11.3. The van der Waals surface area contributed by atoms with Gasteiger partial charge in [0, 0.05) is 6.61 Å². The summed E-state index contributed by atoms with van der Waals surface area (Å²) in [6.45, 7) is 13.4. The van der Waals surface area contributed by atoms with Gasteiger partial charge < -0.3 is 8.85 Å². The maximum absolute atomic E-state index is 12.0. The highest BCUT2D eigenvalue weighted by molar-refractivity contribution is 6.71. The van der Waals surface area contributed by atoms with E-state index in [0.29, 0.717) is 5.56 Å². The molecular weight excluding hydrogens is 296 g/mol. The van der Waals surface area contributed by atoms with Crippen LogP contribution in [0.25, 0.3) is 0 Å². The topological polar surface area (TPSA) is 35.5 Å². The van der Waals surface area contributed by atoms with Crippen LogP contribution in [0.1, 0.15) is 22.8 Å². The van der Waals surface area contributed by atoms with Crippen molar-refractivity contribution in [2.45, 2.75) is 52.1 Å². The van der Waals surface area contributed by atoms with Crippen LogP contribution in [-0.4, -0.2) is 29.2 Å². The number of rotatable bonds is 7. The minimum Gasteiger partial charge on any atom is -0.516 e. The van der Waals surface area contributed by atoms with Crippen molar-refractivity contribution >= 4 is 22.6 Å². The molecule has 0 atom stereocenters. The van der Waals surface area contributed by atoms with E-state index in [4.69, 9.17) is 8.85 Å². The molecule has 1 rings (SSSR count). The molecule has 0 saturated heterocycles. The Morgan fingerprint density at radius 2 is 1.62 bits per heavy atom. The zero-order valence-corrected chi connectivity index (χ0v) is 16.2. The third-order valence-corrected chi connectivity index (χ3v) is 6.46. The lowest BCUT2D eigenvalue weighted by Gasteiger charge is -2.21. The van der Waals surface area contributed by atoms with Crippen molar-refractivity contribution in [2.24, 2.45) is 0 Å². The van der Waals surface area contributed by atoms with E-state index >= 15 is 0 Å². The number of carbonyl (C=O) groups excluding carboxylic acids is 1. The molecule has 0 fully saturated rings. The Morgan fingerprint density at radius 3 is 2.10 bits per heavy atom. The van der Waals surface area contributed by atoms with Crippen LogP contribution in [0.2, 0.25) is 38.8 Å². The summed E-state index contributed by atoms with van der Waals surface area (Å²) in [5.74, 6) is -0.204. The summed E-state index contributed by atoms with van der Waals surface area (Å²) in [6.07, 6.45) is 1.00. The Hall–Kier alpha value is -0.916. The van der Waals surface area contributed by atoms with Crippen LogP contribution in [0.5, 0.6) is 0 Å². The Bertz CT molecular complexity index is 461. The fraction of sp³-hybridized carbons (Fsp3) is 0.562. The third kappa shape index (κ3) is 7.06. The molecule has 118 valence electrons. The largest absolute Gasteiger partial charge is 0.516 e. The van der Waals surface area contributed by atoms with E-state index in [9.17, 15) is 4.79 Å². The lowest BCUT2D eigenvalue weighted by atomic mass is 10.1. The first-order valence-electron chi connectivity index (χ1n) is 7.59.